The number of carbonyl (C=O) groups is 1. The molecule has 150 valence electrons. The molecule has 1 unspecified atom stereocenters. The highest BCUT2D eigenvalue weighted by Gasteiger charge is 2.35. The van der Waals surface area contributed by atoms with Gasteiger partial charge in [-0.3, -0.25) is 4.79 Å². The molecular weight excluding hydrogens is 365 g/mol. The molecule has 2 aromatic rings. The van der Waals surface area contributed by atoms with E-state index >= 15 is 0 Å². The van der Waals surface area contributed by atoms with E-state index < -0.39 is 0 Å². The normalized spacial score (nSPS) is 20.6. The van der Waals surface area contributed by atoms with Gasteiger partial charge in [0.15, 0.2) is 6.29 Å². The Morgan fingerprint density at radius 1 is 1.18 bits per heavy atom. The summed E-state index contributed by atoms with van der Waals surface area (Å²) in [6.45, 7) is 1.94. The largest absolute Gasteiger partial charge is 0.348 e. The van der Waals surface area contributed by atoms with Crippen molar-refractivity contribution >= 4 is 5.91 Å². The second kappa shape index (κ2) is 8.79. The molecule has 2 saturated heterocycles. The van der Waals surface area contributed by atoms with Gasteiger partial charge in [-0.25, -0.2) is 4.39 Å². The molecule has 3 heterocycles. The van der Waals surface area contributed by atoms with Crippen LogP contribution in [0.3, 0.4) is 0 Å². The number of amides is 1. The van der Waals surface area contributed by atoms with Gasteiger partial charge in [-0.2, -0.15) is 4.98 Å². The maximum Gasteiger partial charge on any atom is 0.226 e. The van der Waals surface area contributed by atoms with Crippen LogP contribution in [0.5, 0.6) is 0 Å². The lowest BCUT2D eigenvalue weighted by atomic mass is 10.0. The summed E-state index contributed by atoms with van der Waals surface area (Å²) in [6, 6.07) is 5.94. The highest BCUT2D eigenvalue weighted by Crippen LogP contribution is 2.25. The summed E-state index contributed by atoms with van der Waals surface area (Å²) in [5.41, 5.74) is 0.695. The van der Waals surface area contributed by atoms with E-state index in [2.05, 4.69) is 10.1 Å². The summed E-state index contributed by atoms with van der Waals surface area (Å²) in [6.07, 6.45) is 4.29. The first kappa shape index (κ1) is 19.0. The van der Waals surface area contributed by atoms with Gasteiger partial charge in [0.1, 0.15) is 5.82 Å². The minimum absolute atomic E-state index is 0.0113. The molecule has 0 spiro atoms. The molecule has 2 fully saturated rings. The van der Waals surface area contributed by atoms with E-state index in [4.69, 9.17) is 14.0 Å². The van der Waals surface area contributed by atoms with E-state index in [0.29, 0.717) is 49.8 Å². The molecule has 0 saturated carbocycles. The summed E-state index contributed by atoms with van der Waals surface area (Å²) < 4.78 is 29.5. The Bertz CT molecular complexity index is 789. The van der Waals surface area contributed by atoms with Gasteiger partial charge in [-0.15, -0.1) is 0 Å². The number of aryl methyl sites for hydroxylation is 1. The van der Waals surface area contributed by atoms with E-state index in [1.165, 1.54) is 12.1 Å². The molecule has 28 heavy (non-hydrogen) atoms. The highest BCUT2D eigenvalue weighted by molar-refractivity contribution is 5.76. The van der Waals surface area contributed by atoms with E-state index in [-0.39, 0.29) is 24.1 Å². The molecule has 4 rings (SSSR count). The number of hydrogen-bond donors (Lipinski definition) is 0. The lowest BCUT2D eigenvalue weighted by Crippen LogP contribution is -2.50. The van der Waals surface area contributed by atoms with Crippen molar-refractivity contribution < 1.29 is 23.2 Å². The third-order valence-electron chi connectivity index (χ3n) is 5.18. The van der Waals surface area contributed by atoms with Crippen LogP contribution in [0.2, 0.25) is 0 Å². The molecule has 2 aliphatic heterocycles. The third kappa shape index (κ3) is 4.39. The fourth-order valence-corrected chi connectivity index (χ4v) is 3.76. The molecule has 1 aromatic carbocycles. The van der Waals surface area contributed by atoms with Crippen LogP contribution in [0.1, 0.15) is 38.0 Å². The quantitative estimate of drug-likeness (QED) is 0.756. The molecular formula is C20H24FN3O4. The second-order valence-corrected chi connectivity index (χ2v) is 7.13. The van der Waals surface area contributed by atoms with Crippen molar-refractivity contribution in [3.8, 4) is 11.4 Å². The lowest BCUT2D eigenvalue weighted by molar-refractivity contribution is -0.150. The maximum absolute atomic E-state index is 13.0. The van der Waals surface area contributed by atoms with Crippen LogP contribution >= 0.6 is 0 Å². The Morgan fingerprint density at radius 3 is 2.75 bits per heavy atom. The molecule has 0 radical (unpaired) electrons. The number of ether oxygens (including phenoxy) is 2. The highest BCUT2D eigenvalue weighted by atomic mass is 19.1. The Labute approximate surface area is 162 Å². The summed E-state index contributed by atoms with van der Waals surface area (Å²) in [5.74, 6) is 0.704. The summed E-state index contributed by atoms with van der Waals surface area (Å²) >= 11 is 0. The van der Waals surface area contributed by atoms with Crippen LogP contribution in [0, 0.1) is 5.82 Å². The smallest absolute Gasteiger partial charge is 0.226 e. The molecule has 1 atom stereocenters. The average Bonchev–Trinajstić information content (AvgIpc) is 3.41. The van der Waals surface area contributed by atoms with E-state index in [1.807, 2.05) is 4.90 Å². The first-order chi connectivity index (χ1) is 13.7. The fourth-order valence-electron chi connectivity index (χ4n) is 3.76. The van der Waals surface area contributed by atoms with Crippen molar-refractivity contribution in [2.45, 2.75) is 50.9 Å². The Hall–Kier alpha value is -2.32. The Balaban J connectivity index is 1.29. The van der Waals surface area contributed by atoms with Gasteiger partial charge in [0.2, 0.25) is 17.6 Å². The molecule has 1 aromatic heterocycles. The first-order valence-electron chi connectivity index (χ1n) is 9.82. The number of rotatable bonds is 6. The van der Waals surface area contributed by atoms with E-state index in [9.17, 15) is 9.18 Å². The molecule has 0 aliphatic carbocycles. The zero-order valence-electron chi connectivity index (χ0n) is 15.7. The molecule has 7 nitrogen and oxygen atoms in total. The van der Waals surface area contributed by atoms with Crippen molar-refractivity contribution in [1.29, 1.82) is 0 Å². The van der Waals surface area contributed by atoms with Crippen LogP contribution in [0.4, 0.5) is 4.39 Å². The van der Waals surface area contributed by atoms with Gasteiger partial charge in [-0.1, -0.05) is 5.16 Å². The third-order valence-corrected chi connectivity index (χ3v) is 5.18. The maximum atomic E-state index is 13.0. The monoisotopic (exact) mass is 389 g/mol. The average molecular weight is 389 g/mol. The minimum atomic E-state index is -0.310. The second-order valence-electron chi connectivity index (χ2n) is 7.13. The summed E-state index contributed by atoms with van der Waals surface area (Å²) in [5, 5.41) is 3.93. The van der Waals surface area contributed by atoms with E-state index in [0.717, 1.165) is 25.8 Å². The van der Waals surface area contributed by atoms with Crippen LogP contribution in [0.25, 0.3) is 11.4 Å². The lowest BCUT2D eigenvalue weighted by Gasteiger charge is -2.38. The Kier molecular flexibility index (Phi) is 5.97. The molecule has 0 N–H and O–H groups in total. The first-order valence-corrected chi connectivity index (χ1v) is 9.82. The topological polar surface area (TPSA) is 77.7 Å². The van der Waals surface area contributed by atoms with Crippen molar-refractivity contribution in [2.24, 2.45) is 0 Å². The van der Waals surface area contributed by atoms with E-state index in [1.54, 1.807) is 12.1 Å². The van der Waals surface area contributed by atoms with Gasteiger partial charge >= 0.3 is 0 Å². The predicted octanol–water partition coefficient (Wildman–Crippen LogP) is 2.95. The van der Waals surface area contributed by atoms with Crippen LogP contribution in [-0.4, -0.2) is 53.0 Å². The number of piperidine rings is 1. The van der Waals surface area contributed by atoms with Crippen LogP contribution in [-0.2, 0) is 20.7 Å². The van der Waals surface area contributed by atoms with Crippen molar-refractivity contribution in [3.63, 3.8) is 0 Å². The number of benzene rings is 1. The van der Waals surface area contributed by atoms with Crippen molar-refractivity contribution in [2.75, 3.05) is 19.8 Å². The zero-order valence-corrected chi connectivity index (χ0v) is 15.7. The Morgan fingerprint density at radius 2 is 1.96 bits per heavy atom. The number of aromatic nitrogens is 2. The molecule has 8 heteroatoms. The van der Waals surface area contributed by atoms with Gasteiger partial charge < -0.3 is 18.9 Å². The number of carbonyl (C=O) groups excluding carboxylic acids is 1. The van der Waals surface area contributed by atoms with Crippen LogP contribution in [0.15, 0.2) is 28.8 Å². The van der Waals surface area contributed by atoms with Gasteiger partial charge in [-0.05, 0) is 49.9 Å². The van der Waals surface area contributed by atoms with Crippen molar-refractivity contribution in [3.05, 3.63) is 36.0 Å². The van der Waals surface area contributed by atoms with Crippen molar-refractivity contribution in [1.82, 2.24) is 15.0 Å². The molecule has 1 amide bonds. The number of halogens is 1. The van der Waals surface area contributed by atoms with Gasteiger partial charge in [0.05, 0.1) is 19.3 Å². The number of likely N-dealkylation sites (tertiary alicyclic amines) is 1. The fraction of sp³-hybridized carbons (Fsp3) is 0.550. The number of nitrogens with zero attached hydrogens (tertiary/aromatic N) is 3. The summed E-state index contributed by atoms with van der Waals surface area (Å²) in [4.78, 5) is 19.0. The minimum Gasteiger partial charge on any atom is -0.348 e. The van der Waals surface area contributed by atoms with Gasteiger partial charge in [0.25, 0.3) is 0 Å². The number of hydrogen-bond acceptors (Lipinski definition) is 6. The van der Waals surface area contributed by atoms with Gasteiger partial charge in [0, 0.05) is 24.9 Å². The summed E-state index contributed by atoms with van der Waals surface area (Å²) in [7, 11) is 0. The predicted molar refractivity (Wildman–Crippen MR) is 97.7 cm³/mol. The zero-order chi connectivity index (χ0) is 19.3. The van der Waals surface area contributed by atoms with Crippen LogP contribution < -0.4 is 0 Å². The SMILES string of the molecule is O=C(CCCc1nc(-c2ccc(F)cc2)no1)N1CCCCC1C1OCCO1. The standard InChI is InChI=1S/C20H24FN3O4/c21-15-9-7-14(8-10-15)19-22-17(28-23-19)5-3-6-18(25)24-11-2-1-4-16(24)20-26-12-13-27-20/h7-10,16,20H,1-6,11-13H2. The molecule has 2 aliphatic rings. The molecule has 0 bridgehead atoms.